The monoisotopic (exact) mass is 256 g/mol. The van der Waals surface area contributed by atoms with E-state index in [0.717, 1.165) is 0 Å². The van der Waals surface area contributed by atoms with Gasteiger partial charge in [-0.15, -0.1) is 0 Å². The second-order valence-electron chi connectivity index (χ2n) is 3.15. The van der Waals surface area contributed by atoms with Gasteiger partial charge in [0.2, 0.25) is 0 Å². The molecule has 1 aromatic rings. The van der Waals surface area contributed by atoms with Crippen molar-refractivity contribution in [2.75, 3.05) is 13.2 Å². The summed E-state index contributed by atoms with van der Waals surface area (Å²) in [6, 6.07) is 6.13. The Morgan fingerprint density at radius 1 is 1.41 bits per heavy atom. The van der Waals surface area contributed by atoms with E-state index in [1.807, 2.05) is 0 Å². The molecule has 6 heteroatoms. The minimum absolute atomic E-state index is 0.239. The van der Waals surface area contributed by atoms with E-state index in [1.165, 1.54) is 0 Å². The molecule has 0 aliphatic heterocycles. The van der Waals surface area contributed by atoms with Crippen LogP contribution in [-0.2, 0) is 4.79 Å². The van der Waals surface area contributed by atoms with Crippen LogP contribution in [-0.4, -0.2) is 25.1 Å². The fourth-order valence-corrected chi connectivity index (χ4v) is 1.25. The lowest BCUT2D eigenvalue weighted by Crippen LogP contribution is -2.41. The van der Waals surface area contributed by atoms with Gasteiger partial charge in [0.25, 0.3) is 5.91 Å². The van der Waals surface area contributed by atoms with Crippen LogP contribution in [0.1, 0.15) is 6.92 Å². The van der Waals surface area contributed by atoms with Crippen LogP contribution >= 0.6 is 11.6 Å². The Kier molecular flexibility index (Phi) is 5.29. The van der Waals surface area contributed by atoms with Gasteiger partial charge in [0.05, 0.1) is 0 Å². The lowest BCUT2D eigenvalue weighted by Gasteiger charge is -2.07. The van der Waals surface area contributed by atoms with Crippen LogP contribution in [0, 0.1) is 0 Å². The van der Waals surface area contributed by atoms with E-state index < -0.39 is 11.9 Å². The molecule has 17 heavy (non-hydrogen) atoms. The molecule has 2 N–H and O–H groups in total. The molecule has 0 saturated heterocycles. The van der Waals surface area contributed by atoms with Crippen molar-refractivity contribution >= 4 is 23.5 Å². The number of ether oxygens (including phenoxy) is 1. The van der Waals surface area contributed by atoms with Gasteiger partial charge in [0.15, 0.2) is 6.61 Å². The van der Waals surface area contributed by atoms with E-state index in [2.05, 4.69) is 10.6 Å². The molecule has 3 amide bonds. The lowest BCUT2D eigenvalue weighted by molar-refractivity contribution is -0.122. The predicted octanol–water partition coefficient (Wildman–Crippen LogP) is 1.56. The molecular weight excluding hydrogens is 244 g/mol. The summed E-state index contributed by atoms with van der Waals surface area (Å²) in [5, 5.41) is 5.07. The van der Waals surface area contributed by atoms with Crippen molar-refractivity contribution in [2.45, 2.75) is 6.92 Å². The first-order chi connectivity index (χ1) is 8.11. The Hall–Kier alpha value is -1.75. The highest BCUT2D eigenvalue weighted by Crippen LogP contribution is 2.16. The standard InChI is InChI=1S/C11H13ClN2O3/c1-2-13-11(16)14-10(15)7-17-9-5-3-4-8(12)6-9/h3-6H,2,7H2,1H3,(H2,13,14,15,16). The van der Waals surface area contributed by atoms with Crippen molar-refractivity contribution in [1.29, 1.82) is 0 Å². The molecule has 0 radical (unpaired) electrons. The van der Waals surface area contributed by atoms with Crippen molar-refractivity contribution in [3.8, 4) is 5.75 Å². The first-order valence-electron chi connectivity index (χ1n) is 5.08. The maximum Gasteiger partial charge on any atom is 0.321 e. The highest BCUT2D eigenvalue weighted by molar-refractivity contribution is 6.30. The molecular formula is C11H13ClN2O3. The fraction of sp³-hybridized carbons (Fsp3) is 0.273. The molecule has 0 unspecified atom stereocenters. The van der Waals surface area contributed by atoms with Crippen LogP contribution in [0.25, 0.3) is 0 Å². The Balaban J connectivity index is 2.35. The Labute approximate surface area is 104 Å². The molecule has 5 nitrogen and oxygen atoms in total. The molecule has 0 aromatic heterocycles. The van der Waals surface area contributed by atoms with Crippen molar-refractivity contribution in [3.05, 3.63) is 29.3 Å². The number of hydrogen-bond acceptors (Lipinski definition) is 3. The average molecular weight is 257 g/mol. The van der Waals surface area contributed by atoms with Gasteiger partial charge >= 0.3 is 6.03 Å². The first kappa shape index (κ1) is 13.3. The number of imide groups is 1. The van der Waals surface area contributed by atoms with Crippen LogP contribution < -0.4 is 15.4 Å². The topological polar surface area (TPSA) is 67.4 Å². The third-order valence-electron chi connectivity index (χ3n) is 1.76. The largest absolute Gasteiger partial charge is 0.484 e. The van der Waals surface area contributed by atoms with Crippen molar-refractivity contribution < 1.29 is 14.3 Å². The molecule has 1 aromatic carbocycles. The first-order valence-corrected chi connectivity index (χ1v) is 5.45. The number of urea groups is 1. The predicted molar refractivity (Wildman–Crippen MR) is 64.2 cm³/mol. The summed E-state index contributed by atoms with van der Waals surface area (Å²) >= 11 is 5.74. The van der Waals surface area contributed by atoms with Crippen LogP contribution in [0.15, 0.2) is 24.3 Å². The average Bonchev–Trinajstić information content (AvgIpc) is 2.27. The molecule has 0 aliphatic carbocycles. The van der Waals surface area contributed by atoms with Gasteiger partial charge in [0.1, 0.15) is 5.75 Å². The third kappa shape index (κ3) is 5.21. The number of rotatable bonds is 4. The number of amides is 3. The summed E-state index contributed by atoms with van der Waals surface area (Å²) < 4.78 is 5.15. The Morgan fingerprint density at radius 2 is 2.18 bits per heavy atom. The van der Waals surface area contributed by atoms with Gasteiger partial charge in [-0.25, -0.2) is 4.79 Å². The normalized spacial score (nSPS) is 9.53. The van der Waals surface area contributed by atoms with Crippen molar-refractivity contribution in [1.82, 2.24) is 10.6 Å². The van der Waals surface area contributed by atoms with Gasteiger partial charge in [0, 0.05) is 11.6 Å². The summed E-state index contributed by atoms with van der Waals surface area (Å²) in [5.41, 5.74) is 0. The fourth-order valence-electron chi connectivity index (χ4n) is 1.07. The third-order valence-corrected chi connectivity index (χ3v) is 1.99. The summed E-state index contributed by atoms with van der Waals surface area (Å²) in [4.78, 5) is 22.3. The Bertz CT molecular complexity index is 409. The number of carbonyl (C=O) groups is 2. The summed E-state index contributed by atoms with van der Waals surface area (Å²) in [5.74, 6) is -0.0422. The van der Waals surface area contributed by atoms with E-state index in [9.17, 15) is 9.59 Å². The number of carbonyl (C=O) groups excluding carboxylic acids is 2. The van der Waals surface area contributed by atoms with Gasteiger partial charge in [-0.05, 0) is 25.1 Å². The molecule has 0 aliphatic rings. The molecule has 0 saturated carbocycles. The van der Waals surface area contributed by atoms with Crippen molar-refractivity contribution in [2.24, 2.45) is 0 Å². The minimum Gasteiger partial charge on any atom is -0.484 e. The molecule has 0 heterocycles. The zero-order valence-corrected chi connectivity index (χ0v) is 10.1. The number of halogens is 1. The quantitative estimate of drug-likeness (QED) is 0.859. The Morgan fingerprint density at radius 3 is 2.82 bits per heavy atom. The highest BCUT2D eigenvalue weighted by atomic mass is 35.5. The minimum atomic E-state index is -0.535. The van der Waals surface area contributed by atoms with Gasteiger partial charge in [-0.3, -0.25) is 10.1 Å². The molecule has 0 spiro atoms. The maximum absolute atomic E-state index is 11.3. The second-order valence-corrected chi connectivity index (χ2v) is 3.59. The van der Waals surface area contributed by atoms with E-state index in [-0.39, 0.29) is 6.61 Å². The zero-order valence-electron chi connectivity index (χ0n) is 9.33. The number of hydrogen-bond donors (Lipinski definition) is 2. The van der Waals surface area contributed by atoms with Gasteiger partial charge in [-0.2, -0.15) is 0 Å². The maximum atomic E-state index is 11.3. The molecule has 92 valence electrons. The van der Waals surface area contributed by atoms with Gasteiger partial charge in [-0.1, -0.05) is 17.7 Å². The second kappa shape index (κ2) is 6.75. The van der Waals surface area contributed by atoms with E-state index in [4.69, 9.17) is 16.3 Å². The smallest absolute Gasteiger partial charge is 0.321 e. The molecule has 0 bridgehead atoms. The van der Waals surface area contributed by atoms with E-state index in [1.54, 1.807) is 31.2 Å². The number of benzene rings is 1. The number of nitrogens with one attached hydrogen (secondary N) is 2. The molecule has 0 atom stereocenters. The summed E-state index contributed by atoms with van der Waals surface area (Å²) in [7, 11) is 0. The summed E-state index contributed by atoms with van der Waals surface area (Å²) in [6.07, 6.45) is 0. The van der Waals surface area contributed by atoms with Gasteiger partial charge < -0.3 is 10.1 Å². The van der Waals surface area contributed by atoms with Crippen LogP contribution in [0.4, 0.5) is 4.79 Å². The van der Waals surface area contributed by atoms with Crippen LogP contribution in [0.3, 0.4) is 0 Å². The van der Waals surface area contributed by atoms with E-state index >= 15 is 0 Å². The van der Waals surface area contributed by atoms with Crippen LogP contribution in [0.5, 0.6) is 5.75 Å². The highest BCUT2D eigenvalue weighted by Gasteiger charge is 2.07. The lowest BCUT2D eigenvalue weighted by atomic mass is 10.3. The van der Waals surface area contributed by atoms with Crippen LogP contribution in [0.2, 0.25) is 5.02 Å². The zero-order chi connectivity index (χ0) is 12.7. The summed E-state index contributed by atoms with van der Waals surface area (Å²) in [6.45, 7) is 1.97. The molecule has 0 fully saturated rings. The molecule has 1 rings (SSSR count). The SMILES string of the molecule is CCNC(=O)NC(=O)COc1cccc(Cl)c1. The van der Waals surface area contributed by atoms with E-state index in [0.29, 0.717) is 17.3 Å². The van der Waals surface area contributed by atoms with Crippen molar-refractivity contribution in [3.63, 3.8) is 0 Å².